The van der Waals surface area contributed by atoms with E-state index in [2.05, 4.69) is 22.4 Å². The lowest BCUT2D eigenvalue weighted by Crippen LogP contribution is -2.22. The first-order valence-electron chi connectivity index (χ1n) is 6.93. The molecule has 0 aliphatic heterocycles. The summed E-state index contributed by atoms with van der Waals surface area (Å²) in [6, 6.07) is 9.99. The van der Waals surface area contributed by atoms with E-state index in [1.807, 2.05) is 44.2 Å². The standard InChI is InChI=1S/C15H21N3O2/c1-4-16-14(12-8-6-5-7-9-12)15-18-17-13(20-15)10-19-11(2)3/h5-9,11,14,16H,4,10H2,1-3H3. The van der Waals surface area contributed by atoms with Crippen LogP contribution in [0.5, 0.6) is 0 Å². The first kappa shape index (κ1) is 14.7. The molecule has 2 aromatic rings. The van der Waals surface area contributed by atoms with Gasteiger partial charge in [-0.3, -0.25) is 0 Å². The van der Waals surface area contributed by atoms with Crippen molar-refractivity contribution in [1.82, 2.24) is 15.5 Å². The van der Waals surface area contributed by atoms with Gasteiger partial charge in [0, 0.05) is 0 Å². The van der Waals surface area contributed by atoms with Crippen LogP contribution < -0.4 is 5.32 Å². The molecule has 0 fully saturated rings. The average molecular weight is 275 g/mol. The predicted octanol–water partition coefficient (Wildman–Crippen LogP) is 2.69. The molecule has 1 aromatic heterocycles. The van der Waals surface area contributed by atoms with E-state index in [-0.39, 0.29) is 12.1 Å². The Hall–Kier alpha value is -1.72. The Morgan fingerprint density at radius 3 is 2.60 bits per heavy atom. The molecular formula is C15H21N3O2. The van der Waals surface area contributed by atoms with Gasteiger partial charge in [-0.15, -0.1) is 10.2 Å². The summed E-state index contributed by atoms with van der Waals surface area (Å²) in [5, 5.41) is 11.5. The number of hydrogen-bond donors (Lipinski definition) is 1. The Bertz CT molecular complexity index is 511. The van der Waals surface area contributed by atoms with Crippen LogP contribution in [0.1, 0.15) is 44.2 Å². The van der Waals surface area contributed by atoms with Gasteiger partial charge in [0.15, 0.2) is 0 Å². The molecule has 20 heavy (non-hydrogen) atoms. The third-order valence-corrected chi connectivity index (χ3v) is 2.81. The number of nitrogens with one attached hydrogen (secondary N) is 1. The SMILES string of the molecule is CCNC(c1ccccc1)c1nnc(COC(C)C)o1. The molecule has 0 amide bonds. The highest BCUT2D eigenvalue weighted by Gasteiger charge is 2.19. The maximum Gasteiger partial charge on any atom is 0.242 e. The van der Waals surface area contributed by atoms with Crippen molar-refractivity contribution in [2.75, 3.05) is 6.54 Å². The molecular weight excluding hydrogens is 254 g/mol. The van der Waals surface area contributed by atoms with E-state index in [1.54, 1.807) is 0 Å². The smallest absolute Gasteiger partial charge is 0.242 e. The molecule has 5 heteroatoms. The van der Waals surface area contributed by atoms with E-state index in [0.29, 0.717) is 18.4 Å². The molecule has 0 radical (unpaired) electrons. The zero-order valence-corrected chi connectivity index (χ0v) is 12.2. The summed E-state index contributed by atoms with van der Waals surface area (Å²) in [4.78, 5) is 0. The quantitative estimate of drug-likeness (QED) is 0.842. The maximum atomic E-state index is 5.69. The van der Waals surface area contributed by atoms with Crippen LogP contribution in [0.2, 0.25) is 0 Å². The Labute approximate surface area is 119 Å². The monoisotopic (exact) mass is 275 g/mol. The van der Waals surface area contributed by atoms with Crippen LogP contribution in [0.4, 0.5) is 0 Å². The van der Waals surface area contributed by atoms with E-state index >= 15 is 0 Å². The first-order chi connectivity index (χ1) is 9.70. The Morgan fingerprint density at radius 1 is 1.20 bits per heavy atom. The fraction of sp³-hybridized carbons (Fsp3) is 0.467. The van der Waals surface area contributed by atoms with E-state index in [1.165, 1.54) is 0 Å². The highest BCUT2D eigenvalue weighted by Crippen LogP contribution is 2.20. The summed E-state index contributed by atoms with van der Waals surface area (Å²) in [7, 11) is 0. The summed E-state index contributed by atoms with van der Waals surface area (Å²) >= 11 is 0. The summed E-state index contributed by atoms with van der Waals surface area (Å²) in [6.45, 7) is 7.17. The van der Waals surface area contributed by atoms with Crippen molar-refractivity contribution in [3.63, 3.8) is 0 Å². The number of aromatic nitrogens is 2. The largest absolute Gasteiger partial charge is 0.421 e. The molecule has 0 saturated heterocycles. The Kier molecular flexibility index (Phi) is 5.26. The van der Waals surface area contributed by atoms with Crippen LogP contribution in [0.3, 0.4) is 0 Å². The molecule has 0 aliphatic carbocycles. The molecule has 108 valence electrons. The van der Waals surface area contributed by atoms with E-state index in [0.717, 1.165) is 12.1 Å². The minimum absolute atomic E-state index is 0.0819. The normalized spacial score (nSPS) is 12.8. The number of benzene rings is 1. The summed E-state index contributed by atoms with van der Waals surface area (Å²) in [6.07, 6.45) is 0.143. The van der Waals surface area contributed by atoms with Crippen molar-refractivity contribution in [2.45, 2.75) is 39.5 Å². The van der Waals surface area contributed by atoms with Crippen LogP contribution >= 0.6 is 0 Å². The topological polar surface area (TPSA) is 60.2 Å². The van der Waals surface area contributed by atoms with Crippen LogP contribution in [-0.4, -0.2) is 22.8 Å². The van der Waals surface area contributed by atoms with Crippen molar-refractivity contribution in [1.29, 1.82) is 0 Å². The van der Waals surface area contributed by atoms with E-state index < -0.39 is 0 Å². The lowest BCUT2D eigenvalue weighted by atomic mass is 10.1. The fourth-order valence-electron chi connectivity index (χ4n) is 1.88. The lowest BCUT2D eigenvalue weighted by molar-refractivity contribution is 0.0508. The lowest BCUT2D eigenvalue weighted by Gasteiger charge is -2.13. The molecule has 0 aliphatic rings. The highest BCUT2D eigenvalue weighted by molar-refractivity contribution is 5.23. The minimum Gasteiger partial charge on any atom is -0.421 e. The van der Waals surface area contributed by atoms with Gasteiger partial charge in [0.1, 0.15) is 12.6 Å². The van der Waals surface area contributed by atoms with Gasteiger partial charge in [0.2, 0.25) is 11.8 Å². The van der Waals surface area contributed by atoms with Crippen LogP contribution in [0, 0.1) is 0 Å². The molecule has 1 aromatic carbocycles. The molecule has 1 unspecified atom stereocenters. The zero-order valence-electron chi connectivity index (χ0n) is 12.2. The first-order valence-corrected chi connectivity index (χ1v) is 6.93. The van der Waals surface area contributed by atoms with Gasteiger partial charge >= 0.3 is 0 Å². The Balaban J connectivity index is 2.14. The second-order valence-electron chi connectivity index (χ2n) is 4.80. The number of ether oxygens (including phenoxy) is 1. The molecule has 1 N–H and O–H groups in total. The van der Waals surface area contributed by atoms with Crippen molar-refractivity contribution in [2.24, 2.45) is 0 Å². The summed E-state index contributed by atoms with van der Waals surface area (Å²) in [5.74, 6) is 1.08. The van der Waals surface area contributed by atoms with Crippen LogP contribution in [0.25, 0.3) is 0 Å². The van der Waals surface area contributed by atoms with Gasteiger partial charge in [0.05, 0.1) is 6.10 Å². The molecule has 5 nitrogen and oxygen atoms in total. The summed E-state index contributed by atoms with van der Waals surface area (Å²) < 4.78 is 11.2. The van der Waals surface area contributed by atoms with E-state index in [4.69, 9.17) is 9.15 Å². The van der Waals surface area contributed by atoms with Gasteiger partial charge < -0.3 is 14.5 Å². The van der Waals surface area contributed by atoms with Gasteiger partial charge in [-0.25, -0.2) is 0 Å². The zero-order chi connectivity index (χ0) is 14.4. The van der Waals surface area contributed by atoms with Crippen molar-refractivity contribution >= 4 is 0 Å². The third-order valence-electron chi connectivity index (χ3n) is 2.81. The number of rotatable bonds is 7. The summed E-state index contributed by atoms with van der Waals surface area (Å²) in [5.41, 5.74) is 1.11. The molecule has 1 heterocycles. The van der Waals surface area contributed by atoms with Gasteiger partial charge in [0.25, 0.3) is 0 Å². The van der Waals surface area contributed by atoms with Crippen molar-refractivity contribution < 1.29 is 9.15 Å². The molecule has 1 atom stereocenters. The fourth-order valence-corrected chi connectivity index (χ4v) is 1.88. The van der Waals surface area contributed by atoms with E-state index in [9.17, 15) is 0 Å². The van der Waals surface area contributed by atoms with Crippen molar-refractivity contribution in [3.05, 3.63) is 47.7 Å². The molecule has 0 bridgehead atoms. The Morgan fingerprint density at radius 2 is 1.95 bits per heavy atom. The second-order valence-corrected chi connectivity index (χ2v) is 4.80. The average Bonchev–Trinajstić information content (AvgIpc) is 2.92. The minimum atomic E-state index is -0.0819. The van der Waals surface area contributed by atoms with Crippen LogP contribution in [0.15, 0.2) is 34.7 Å². The highest BCUT2D eigenvalue weighted by atomic mass is 16.5. The van der Waals surface area contributed by atoms with Gasteiger partial charge in [-0.1, -0.05) is 37.3 Å². The van der Waals surface area contributed by atoms with Crippen LogP contribution in [-0.2, 0) is 11.3 Å². The number of nitrogens with zero attached hydrogens (tertiary/aromatic N) is 2. The van der Waals surface area contributed by atoms with Gasteiger partial charge in [-0.2, -0.15) is 0 Å². The predicted molar refractivity (Wildman–Crippen MR) is 76.2 cm³/mol. The van der Waals surface area contributed by atoms with Gasteiger partial charge in [-0.05, 0) is 26.0 Å². The van der Waals surface area contributed by atoms with Crippen molar-refractivity contribution in [3.8, 4) is 0 Å². The number of hydrogen-bond acceptors (Lipinski definition) is 5. The molecule has 0 saturated carbocycles. The molecule has 2 rings (SSSR count). The third kappa shape index (κ3) is 3.88. The maximum absolute atomic E-state index is 5.69. The second kappa shape index (κ2) is 7.17. The molecule has 0 spiro atoms.